The Hall–Kier alpha value is -2.63. The maximum absolute atomic E-state index is 5.89. The normalized spacial score (nSPS) is 11.3. The highest BCUT2D eigenvalue weighted by Crippen LogP contribution is 2.15. The molecule has 0 bridgehead atoms. The van der Waals surface area contributed by atoms with Gasteiger partial charge in [0.15, 0.2) is 5.96 Å². The standard InChI is InChI=1S/C17H23N5O/c1-2-12-23-16-14(6-5-10-20-16)13-22-17(18)21-11-8-15-7-3-4-9-19-15/h3-7,9-10H,2,8,11-13H2,1H3,(H3,18,21,22). The Morgan fingerprint density at radius 1 is 1.22 bits per heavy atom. The van der Waals surface area contributed by atoms with Crippen molar-refractivity contribution in [2.24, 2.45) is 10.7 Å². The van der Waals surface area contributed by atoms with Crippen molar-refractivity contribution < 1.29 is 4.74 Å². The van der Waals surface area contributed by atoms with Crippen LogP contribution in [0.3, 0.4) is 0 Å². The number of pyridine rings is 2. The second-order valence-corrected chi connectivity index (χ2v) is 5.02. The summed E-state index contributed by atoms with van der Waals surface area (Å²) in [6.45, 7) is 3.84. The summed E-state index contributed by atoms with van der Waals surface area (Å²) in [6, 6.07) is 9.68. The van der Waals surface area contributed by atoms with E-state index in [0.29, 0.717) is 31.5 Å². The first-order valence-electron chi connectivity index (χ1n) is 7.80. The van der Waals surface area contributed by atoms with Crippen LogP contribution in [0.25, 0.3) is 0 Å². The molecule has 0 unspecified atom stereocenters. The van der Waals surface area contributed by atoms with Crippen molar-refractivity contribution in [1.29, 1.82) is 0 Å². The van der Waals surface area contributed by atoms with Crippen LogP contribution in [0.1, 0.15) is 24.6 Å². The summed E-state index contributed by atoms with van der Waals surface area (Å²) < 4.78 is 5.61. The number of guanidine groups is 1. The Bertz CT molecular complexity index is 615. The van der Waals surface area contributed by atoms with Crippen LogP contribution in [0.2, 0.25) is 0 Å². The molecule has 2 aromatic heterocycles. The van der Waals surface area contributed by atoms with Gasteiger partial charge in [0.2, 0.25) is 5.88 Å². The Morgan fingerprint density at radius 3 is 2.87 bits per heavy atom. The Labute approximate surface area is 136 Å². The monoisotopic (exact) mass is 313 g/mol. The lowest BCUT2D eigenvalue weighted by atomic mass is 10.2. The van der Waals surface area contributed by atoms with Crippen LogP contribution in [0.5, 0.6) is 5.88 Å². The van der Waals surface area contributed by atoms with Gasteiger partial charge in [-0.3, -0.25) is 4.98 Å². The van der Waals surface area contributed by atoms with Crippen LogP contribution >= 0.6 is 0 Å². The molecule has 3 N–H and O–H groups in total. The number of aromatic nitrogens is 2. The fourth-order valence-corrected chi connectivity index (χ4v) is 1.96. The average molecular weight is 313 g/mol. The minimum atomic E-state index is 0.409. The third-order valence-corrected chi connectivity index (χ3v) is 3.13. The molecule has 0 radical (unpaired) electrons. The lowest BCUT2D eigenvalue weighted by molar-refractivity contribution is 0.302. The molecule has 0 aromatic carbocycles. The van der Waals surface area contributed by atoms with E-state index in [1.807, 2.05) is 30.3 Å². The van der Waals surface area contributed by atoms with E-state index in [1.54, 1.807) is 12.4 Å². The molecule has 23 heavy (non-hydrogen) atoms. The molecule has 0 fully saturated rings. The first kappa shape index (κ1) is 16.7. The topological polar surface area (TPSA) is 85.4 Å². The fraction of sp³-hybridized carbons (Fsp3) is 0.353. The molecule has 0 aliphatic heterocycles. The SMILES string of the molecule is CCCOc1ncccc1CN=C(N)NCCc1ccccn1. The van der Waals surface area contributed by atoms with Crippen molar-refractivity contribution in [1.82, 2.24) is 15.3 Å². The van der Waals surface area contributed by atoms with Crippen molar-refractivity contribution in [3.8, 4) is 5.88 Å². The molecular weight excluding hydrogens is 290 g/mol. The number of nitrogens with one attached hydrogen (secondary N) is 1. The maximum atomic E-state index is 5.89. The van der Waals surface area contributed by atoms with E-state index < -0.39 is 0 Å². The van der Waals surface area contributed by atoms with Crippen LogP contribution in [-0.4, -0.2) is 29.1 Å². The molecule has 0 saturated heterocycles. The van der Waals surface area contributed by atoms with Crippen molar-refractivity contribution in [2.75, 3.05) is 13.2 Å². The predicted octanol–water partition coefficient (Wildman–Crippen LogP) is 1.91. The molecule has 0 saturated carbocycles. The van der Waals surface area contributed by atoms with Crippen LogP contribution in [0.15, 0.2) is 47.7 Å². The Kier molecular flexibility index (Phi) is 6.84. The van der Waals surface area contributed by atoms with E-state index in [0.717, 1.165) is 24.1 Å². The first-order chi connectivity index (χ1) is 11.3. The van der Waals surface area contributed by atoms with Gasteiger partial charge in [-0.05, 0) is 24.6 Å². The Balaban J connectivity index is 1.82. The fourth-order valence-electron chi connectivity index (χ4n) is 1.96. The molecular formula is C17H23N5O. The first-order valence-corrected chi connectivity index (χ1v) is 7.80. The summed E-state index contributed by atoms with van der Waals surface area (Å²) in [4.78, 5) is 12.8. The van der Waals surface area contributed by atoms with E-state index in [4.69, 9.17) is 10.5 Å². The van der Waals surface area contributed by atoms with Gasteiger partial charge >= 0.3 is 0 Å². The van der Waals surface area contributed by atoms with E-state index in [9.17, 15) is 0 Å². The van der Waals surface area contributed by atoms with Gasteiger partial charge in [-0.25, -0.2) is 9.98 Å². The van der Waals surface area contributed by atoms with Crippen LogP contribution in [-0.2, 0) is 13.0 Å². The second-order valence-electron chi connectivity index (χ2n) is 5.02. The van der Waals surface area contributed by atoms with E-state index in [1.165, 1.54) is 0 Å². The number of rotatable bonds is 8. The molecule has 0 aliphatic carbocycles. The number of hydrogen-bond acceptors (Lipinski definition) is 4. The molecule has 122 valence electrons. The average Bonchev–Trinajstić information content (AvgIpc) is 2.60. The summed E-state index contributed by atoms with van der Waals surface area (Å²) in [5.74, 6) is 1.03. The number of aliphatic imine (C=N–C) groups is 1. The van der Waals surface area contributed by atoms with Gasteiger partial charge in [0.25, 0.3) is 0 Å². The highest BCUT2D eigenvalue weighted by molar-refractivity contribution is 5.77. The number of ether oxygens (including phenoxy) is 1. The summed E-state index contributed by atoms with van der Waals surface area (Å²) in [5, 5.41) is 3.09. The van der Waals surface area contributed by atoms with Gasteiger partial charge in [0.05, 0.1) is 13.2 Å². The summed E-state index contributed by atoms with van der Waals surface area (Å²) >= 11 is 0. The minimum Gasteiger partial charge on any atom is -0.477 e. The van der Waals surface area contributed by atoms with Gasteiger partial charge < -0.3 is 15.8 Å². The largest absolute Gasteiger partial charge is 0.477 e. The van der Waals surface area contributed by atoms with Crippen molar-refractivity contribution in [3.63, 3.8) is 0 Å². The van der Waals surface area contributed by atoms with E-state index >= 15 is 0 Å². The summed E-state index contributed by atoms with van der Waals surface area (Å²) in [5.41, 5.74) is 7.84. The van der Waals surface area contributed by atoms with Gasteiger partial charge in [0, 0.05) is 36.6 Å². The third-order valence-electron chi connectivity index (χ3n) is 3.13. The number of hydrogen-bond donors (Lipinski definition) is 2. The highest BCUT2D eigenvalue weighted by atomic mass is 16.5. The molecule has 6 heteroatoms. The maximum Gasteiger partial charge on any atom is 0.218 e. The zero-order valence-electron chi connectivity index (χ0n) is 13.4. The van der Waals surface area contributed by atoms with Gasteiger partial charge in [0.1, 0.15) is 0 Å². The van der Waals surface area contributed by atoms with Crippen molar-refractivity contribution >= 4 is 5.96 Å². The minimum absolute atomic E-state index is 0.409. The number of nitrogens with two attached hydrogens (primary N) is 1. The zero-order valence-corrected chi connectivity index (χ0v) is 13.4. The molecule has 2 rings (SSSR count). The summed E-state index contributed by atoms with van der Waals surface area (Å²) in [6.07, 6.45) is 5.24. The third kappa shape index (κ3) is 5.94. The molecule has 6 nitrogen and oxygen atoms in total. The number of nitrogens with zero attached hydrogens (tertiary/aromatic N) is 3. The molecule has 2 heterocycles. The Morgan fingerprint density at radius 2 is 2.09 bits per heavy atom. The molecule has 2 aromatic rings. The van der Waals surface area contributed by atoms with E-state index in [2.05, 4.69) is 27.2 Å². The molecule has 0 spiro atoms. The second kappa shape index (κ2) is 9.40. The van der Waals surface area contributed by atoms with Crippen LogP contribution in [0, 0.1) is 0 Å². The smallest absolute Gasteiger partial charge is 0.218 e. The van der Waals surface area contributed by atoms with Gasteiger partial charge in [-0.1, -0.05) is 19.1 Å². The quantitative estimate of drug-likeness (QED) is 0.574. The van der Waals surface area contributed by atoms with Crippen LogP contribution < -0.4 is 15.8 Å². The summed E-state index contributed by atoms with van der Waals surface area (Å²) in [7, 11) is 0. The molecule has 0 atom stereocenters. The lowest BCUT2D eigenvalue weighted by Crippen LogP contribution is -2.33. The predicted molar refractivity (Wildman–Crippen MR) is 91.3 cm³/mol. The van der Waals surface area contributed by atoms with Gasteiger partial charge in [-0.15, -0.1) is 0 Å². The molecule has 0 aliphatic rings. The lowest BCUT2D eigenvalue weighted by Gasteiger charge is -2.08. The van der Waals surface area contributed by atoms with Crippen molar-refractivity contribution in [2.45, 2.75) is 26.3 Å². The zero-order chi connectivity index (χ0) is 16.3. The van der Waals surface area contributed by atoms with E-state index in [-0.39, 0.29) is 0 Å². The highest BCUT2D eigenvalue weighted by Gasteiger charge is 2.04. The van der Waals surface area contributed by atoms with Crippen LogP contribution in [0.4, 0.5) is 0 Å². The van der Waals surface area contributed by atoms with Crippen molar-refractivity contribution in [3.05, 3.63) is 54.0 Å². The molecule has 0 amide bonds. The van der Waals surface area contributed by atoms with Gasteiger partial charge in [-0.2, -0.15) is 0 Å².